The van der Waals surface area contributed by atoms with Crippen LogP contribution in [0.15, 0.2) is 36.5 Å². The number of H-pyrrole nitrogens is 1. The quantitative estimate of drug-likeness (QED) is 0.565. The summed E-state index contributed by atoms with van der Waals surface area (Å²) < 4.78 is 0. The summed E-state index contributed by atoms with van der Waals surface area (Å²) in [5.74, 6) is 0. The Labute approximate surface area is 112 Å². The first kappa shape index (κ1) is 11.7. The molecule has 7 heteroatoms. The fourth-order valence-corrected chi connectivity index (χ4v) is 2.62. The molecule has 0 aliphatic heterocycles. The lowest BCUT2D eigenvalue weighted by molar-refractivity contribution is -0.380. The van der Waals surface area contributed by atoms with Crippen molar-refractivity contribution in [1.82, 2.24) is 10.2 Å². The van der Waals surface area contributed by atoms with Gasteiger partial charge in [0.1, 0.15) is 0 Å². The third-order valence-electron chi connectivity index (χ3n) is 2.76. The van der Waals surface area contributed by atoms with E-state index >= 15 is 0 Å². The Morgan fingerprint density at radius 3 is 3.05 bits per heavy atom. The molecule has 0 aliphatic rings. The van der Waals surface area contributed by atoms with E-state index in [1.807, 2.05) is 18.2 Å². The van der Waals surface area contributed by atoms with E-state index in [0.717, 1.165) is 21.5 Å². The van der Waals surface area contributed by atoms with E-state index in [4.69, 9.17) is 0 Å². The van der Waals surface area contributed by atoms with Crippen molar-refractivity contribution < 1.29 is 4.92 Å². The van der Waals surface area contributed by atoms with Gasteiger partial charge in [0.15, 0.2) is 0 Å². The zero-order valence-corrected chi connectivity index (χ0v) is 10.6. The number of anilines is 1. The molecule has 0 radical (unpaired) electrons. The molecule has 2 heterocycles. The van der Waals surface area contributed by atoms with Crippen molar-refractivity contribution in [2.24, 2.45) is 0 Å². The molecule has 2 N–H and O–H groups in total. The van der Waals surface area contributed by atoms with Gasteiger partial charge in [0.25, 0.3) is 0 Å². The Hall–Kier alpha value is -2.41. The van der Waals surface area contributed by atoms with Gasteiger partial charge in [-0.3, -0.25) is 15.2 Å². The number of nitrogens with zero attached hydrogens (tertiary/aromatic N) is 2. The van der Waals surface area contributed by atoms with Crippen LogP contribution in [0.4, 0.5) is 10.7 Å². The summed E-state index contributed by atoms with van der Waals surface area (Å²) in [7, 11) is 0. The van der Waals surface area contributed by atoms with Gasteiger partial charge >= 0.3 is 5.00 Å². The molecule has 2 aromatic heterocycles. The monoisotopic (exact) mass is 274 g/mol. The van der Waals surface area contributed by atoms with Crippen LogP contribution >= 0.6 is 11.3 Å². The van der Waals surface area contributed by atoms with Crippen molar-refractivity contribution in [3.63, 3.8) is 0 Å². The van der Waals surface area contributed by atoms with E-state index in [2.05, 4.69) is 15.5 Å². The molecule has 1 aromatic carbocycles. The second kappa shape index (κ2) is 4.69. The summed E-state index contributed by atoms with van der Waals surface area (Å²) in [6.45, 7) is 0.552. The molecule has 0 aliphatic carbocycles. The maximum atomic E-state index is 10.6. The molecule has 0 unspecified atom stereocenters. The molecule has 0 atom stereocenters. The van der Waals surface area contributed by atoms with Crippen molar-refractivity contribution in [2.75, 3.05) is 5.32 Å². The Morgan fingerprint density at radius 1 is 1.37 bits per heavy atom. The van der Waals surface area contributed by atoms with Gasteiger partial charge in [0, 0.05) is 22.9 Å². The van der Waals surface area contributed by atoms with Crippen molar-refractivity contribution in [3.05, 3.63) is 51.5 Å². The highest BCUT2D eigenvalue weighted by Gasteiger charge is 2.09. The van der Waals surface area contributed by atoms with Crippen molar-refractivity contribution >= 4 is 32.9 Å². The summed E-state index contributed by atoms with van der Waals surface area (Å²) in [6, 6.07) is 9.15. The molecule has 0 amide bonds. The fraction of sp³-hybridized carbons (Fsp3) is 0.0833. The molecule has 0 saturated carbocycles. The average molecular weight is 274 g/mol. The van der Waals surface area contributed by atoms with E-state index in [9.17, 15) is 10.1 Å². The van der Waals surface area contributed by atoms with Crippen LogP contribution in [0.5, 0.6) is 0 Å². The second-order valence-electron chi connectivity index (χ2n) is 3.99. The summed E-state index contributed by atoms with van der Waals surface area (Å²) in [4.78, 5) is 11.2. The number of aromatic amines is 1. The van der Waals surface area contributed by atoms with E-state index in [-0.39, 0.29) is 9.92 Å². The van der Waals surface area contributed by atoms with Gasteiger partial charge in [-0.15, -0.1) is 0 Å². The van der Waals surface area contributed by atoms with Crippen LogP contribution in [0.25, 0.3) is 10.9 Å². The number of para-hydroxylation sites is 1. The summed E-state index contributed by atoms with van der Waals surface area (Å²) in [5.41, 5.74) is 1.87. The fourth-order valence-electron chi connectivity index (χ4n) is 1.86. The summed E-state index contributed by atoms with van der Waals surface area (Å²) in [6.07, 6.45) is 1.76. The van der Waals surface area contributed by atoms with Crippen LogP contribution in [0.1, 0.15) is 4.88 Å². The van der Waals surface area contributed by atoms with Gasteiger partial charge in [-0.25, -0.2) is 0 Å². The number of benzene rings is 1. The van der Waals surface area contributed by atoms with Crippen molar-refractivity contribution in [1.29, 1.82) is 0 Å². The predicted octanol–water partition coefficient (Wildman–Crippen LogP) is 3.14. The number of thiophene rings is 1. The molecular weight excluding hydrogens is 264 g/mol. The van der Waals surface area contributed by atoms with E-state index in [1.54, 1.807) is 12.3 Å². The van der Waals surface area contributed by atoms with Gasteiger partial charge in [0.05, 0.1) is 22.3 Å². The van der Waals surface area contributed by atoms with Gasteiger partial charge in [0.2, 0.25) is 0 Å². The maximum Gasteiger partial charge on any atom is 0.324 e. The molecular formula is C12H10N4O2S. The third kappa shape index (κ3) is 2.27. The molecule has 0 saturated heterocycles. The zero-order valence-electron chi connectivity index (χ0n) is 9.79. The average Bonchev–Trinajstić information content (AvgIpc) is 3.05. The summed E-state index contributed by atoms with van der Waals surface area (Å²) in [5, 5.41) is 22.0. The first-order chi connectivity index (χ1) is 9.24. The largest absolute Gasteiger partial charge is 0.378 e. The number of nitro groups is 1. The lowest BCUT2D eigenvalue weighted by Crippen LogP contribution is -1.97. The van der Waals surface area contributed by atoms with E-state index in [0.29, 0.717) is 6.54 Å². The molecule has 0 spiro atoms. The number of hydrogen-bond acceptors (Lipinski definition) is 5. The van der Waals surface area contributed by atoms with Crippen LogP contribution in [0.2, 0.25) is 0 Å². The highest BCUT2D eigenvalue weighted by Crippen LogP contribution is 2.26. The smallest absolute Gasteiger partial charge is 0.324 e. The lowest BCUT2D eigenvalue weighted by atomic mass is 10.2. The molecule has 3 aromatic rings. The van der Waals surface area contributed by atoms with Crippen molar-refractivity contribution in [3.8, 4) is 0 Å². The number of nitrogens with one attached hydrogen (secondary N) is 2. The predicted molar refractivity (Wildman–Crippen MR) is 74.4 cm³/mol. The number of aromatic nitrogens is 2. The Morgan fingerprint density at radius 2 is 2.26 bits per heavy atom. The molecule has 6 nitrogen and oxygen atoms in total. The Kier molecular flexibility index (Phi) is 2.88. The minimum atomic E-state index is -0.371. The van der Waals surface area contributed by atoms with E-state index < -0.39 is 0 Å². The van der Waals surface area contributed by atoms with Crippen LogP contribution in [0, 0.1) is 10.1 Å². The zero-order chi connectivity index (χ0) is 13.2. The first-order valence-corrected chi connectivity index (χ1v) is 6.45. The lowest BCUT2D eigenvalue weighted by Gasteiger charge is -2.05. The van der Waals surface area contributed by atoms with Crippen LogP contribution in [-0.4, -0.2) is 15.1 Å². The van der Waals surface area contributed by atoms with Gasteiger partial charge in [-0.2, -0.15) is 5.10 Å². The number of hydrogen-bond donors (Lipinski definition) is 2. The maximum absolute atomic E-state index is 10.6. The third-order valence-corrected chi connectivity index (χ3v) is 3.79. The van der Waals surface area contributed by atoms with Crippen LogP contribution in [0.3, 0.4) is 0 Å². The van der Waals surface area contributed by atoms with Crippen molar-refractivity contribution in [2.45, 2.75) is 6.54 Å². The second-order valence-corrected chi connectivity index (χ2v) is 5.14. The normalized spacial score (nSPS) is 10.7. The van der Waals surface area contributed by atoms with Gasteiger partial charge in [-0.1, -0.05) is 23.5 Å². The first-order valence-electron chi connectivity index (χ1n) is 5.63. The van der Waals surface area contributed by atoms with E-state index in [1.165, 1.54) is 17.4 Å². The molecule has 19 heavy (non-hydrogen) atoms. The SMILES string of the molecule is O=[N+]([O-])c1ccc(CNc2cccc3cn[nH]c23)s1. The number of fused-ring (bicyclic) bond motifs is 1. The minimum absolute atomic E-state index is 0.163. The Bertz CT molecular complexity index is 734. The summed E-state index contributed by atoms with van der Waals surface area (Å²) >= 11 is 1.18. The molecule has 96 valence electrons. The standard InChI is InChI=1S/C12H10N4O2S/c17-16(18)11-5-4-9(19-11)7-13-10-3-1-2-8-6-14-15-12(8)10/h1-6,13H,7H2,(H,14,15). The Balaban J connectivity index is 1.78. The number of rotatable bonds is 4. The topological polar surface area (TPSA) is 83.8 Å². The van der Waals surface area contributed by atoms with Crippen LogP contribution in [-0.2, 0) is 6.54 Å². The minimum Gasteiger partial charge on any atom is -0.378 e. The van der Waals surface area contributed by atoms with Gasteiger partial charge in [-0.05, 0) is 12.1 Å². The molecule has 0 fully saturated rings. The highest BCUT2D eigenvalue weighted by atomic mass is 32.1. The molecule has 0 bridgehead atoms. The molecule has 3 rings (SSSR count). The van der Waals surface area contributed by atoms with Gasteiger partial charge < -0.3 is 5.32 Å². The highest BCUT2D eigenvalue weighted by molar-refractivity contribution is 7.15. The van der Waals surface area contributed by atoms with Crippen LogP contribution < -0.4 is 5.32 Å².